The summed E-state index contributed by atoms with van der Waals surface area (Å²) in [6.07, 6.45) is 2.69. The van der Waals surface area contributed by atoms with Gasteiger partial charge in [-0.25, -0.2) is 8.78 Å². The van der Waals surface area contributed by atoms with Crippen LogP contribution in [0.3, 0.4) is 0 Å². The number of aliphatic hydroxyl groups is 2. The molecule has 0 saturated heterocycles. The number of rotatable bonds is 18. The molecule has 314 valence electrons. The maximum absolute atomic E-state index is 14.2. The maximum Gasteiger partial charge on any atom is 0.312 e. The number of carboxylic acid groups (broad SMARTS) is 2. The van der Waals surface area contributed by atoms with Crippen LogP contribution in [0.2, 0.25) is 10.0 Å². The zero-order valence-corrected chi connectivity index (χ0v) is 34.0. The molecule has 0 bridgehead atoms. The molecule has 2 unspecified atom stereocenters. The fourth-order valence-corrected chi connectivity index (χ4v) is 7.05. The minimum absolute atomic E-state index is 0.00357. The molecule has 5 rings (SSSR count). The highest BCUT2D eigenvalue weighted by Crippen LogP contribution is 2.32. The monoisotopic (exact) mass is 853 g/mol. The van der Waals surface area contributed by atoms with Crippen LogP contribution < -0.4 is 11.1 Å². The maximum atomic E-state index is 14.2. The Hall–Kier alpha value is -5.25. The molecule has 4 aromatic carbocycles. The van der Waals surface area contributed by atoms with Gasteiger partial charge in [-0.3, -0.25) is 14.4 Å². The number of nitrogens with zero attached hydrogens (tertiary/aromatic N) is 2. The number of carbonyl (C=O) groups is 3. The molecule has 8 N–H and O–H groups in total. The number of nitrogens with one attached hydrogen (secondary N) is 2. The highest BCUT2D eigenvalue weighted by atomic mass is 35.5. The Labute approximate surface area is 350 Å². The highest BCUT2D eigenvalue weighted by molar-refractivity contribution is 6.31. The minimum atomic E-state index is -1.41. The fraction of sp³-hybridized carbons (Fsp3) is 0.326. The molecule has 1 aromatic heterocycles. The minimum Gasteiger partial charge on any atom is -0.481 e. The van der Waals surface area contributed by atoms with Crippen molar-refractivity contribution in [2.24, 2.45) is 16.6 Å². The first-order valence-electron chi connectivity index (χ1n) is 18.8. The fourth-order valence-electron chi connectivity index (χ4n) is 6.71. The zero-order chi connectivity index (χ0) is 43.3. The number of aromatic amines is 1. The number of carbonyl (C=O) groups excluding carboxylic acids is 1. The van der Waals surface area contributed by atoms with Crippen LogP contribution in [0.4, 0.5) is 8.78 Å². The Bertz CT molecular complexity index is 2170. The summed E-state index contributed by atoms with van der Waals surface area (Å²) in [6.45, 7) is 2.39. The van der Waals surface area contributed by atoms with E-state index in [4.69, 9.17) is 28.9 Å². The molecule has 1 amide bonds. The SMILES string of the molecule is CCC(CO)(C[C@@H](Cc1ccc(-c2cc(Cl)ccc2F)cc1)NC(=O)c1cn[nH]n1)C(=O)O.CCC(CO)(C[C@H](N)Cc1ccc(-c2cc(Cl)ccc2F)cc1)C(=O)O. The number of aromatic nitrogens is 3. The van der Waals surface area contributed by atoms with Gasteiger partial charge in [-0.2, -0.15) is 15.4 Å². The van der Waals surface area contributed by atoms with E-state index in [2.05, 4.69) is 20.7 Å². The number of hydrogen-bond donors (Lipinski definition) is 7. The van der Waals surface area contributed by atoms with E-state index in [9.17, 15) is 43.6 Å². The summed E-state index contributed by atoms with van der Waals surface area (Å²) in [4.78, 5) is 35.9. The van der Waals surface area contributed by atoms with Crippen LogP contribution in [0.15, 0.2) is 91.1 Å². The van der Waals surface area contributed by atoms with Crippen LogP contribution in [0.25, 0.3) is 22.3 Å². The quantitative estimate of drug-likeness (QED) is 0.0466. The average Bonchev–Trinajstić information content (AvgIpc) is 3.77. The summed E-state index contributed by atoms with van der Waals surface area (Å²) < 4.78 is 28.1. The molecule has 16 heteroatoms. The van der Waals surface area contributed by atoms with Gasteiger partial charge in [-0.05, 0) is 97.2 Å². The summed E-state index contributed by atoms with van der Waals surface area (Å²) in [5.74, 6) is -3.44. The van der Waals surface area contributed by atoms with Gasteiger partial charge in [0.25, 0.3) is 5.91 Å². The molecule has 0 aliphatic heterocycles. The van der Waals surface area contributed by atoms with Crippen molar-refractivity contribution >= 4 is 41.0 Å². The van der Waals surface area contributed by atoms with Crippen LogP contribution in [-0.2, 0) is 22.4 Å². The molecule has 1 heterocycles. The Kier molecular flexibility index (Phi) is 16.6. The Morgan fingerprint density at radius 2 is 1.20 bits per heavy atom. The van der Waals surface area contributed by atoms with Crippen molar-refractivity contribution in [1.29, 1.82) is 0 Å². The molecule has 0 fully saturated rings. The number of benzene rings is 4. The van der Waals surface area contributed by atoms with Crippen LogP contribution >= 0.6 is 23.2 Å². The Morgan fingerprint density at radius 3 is 1.61 bits per heavy atom. The van der Waals surface area contributed by atoms with Gasteiger partial charge in [0.2, 0.25) is 0 Å². The van der Waals surface area contributed by atoms with Gasteiger partial charge >= 0.3 is 11.9 Å². The standard InChI is InChI=1S/C23H24ClFN4O4.C20H23ClFNO3/c1-2-23(13-30,22(32)33)11-17(27-21(31)20-12-26-29-28-20)9-14-3-5-15(6-4-14)18-10-16(24)7-8-19(18)25;1-2-20(12-24,19(25)26)11-16(23)9-13-3-5-14(6-4-13)17-10-15(21)7-8-18(17)22/h3-8,10,12,17,30H,2,9,11,13H2,1H3,(H,27,31)(H,32,33)(H,26,28,29);3-8,10,16,24H,2,9,11-12,23H2,1H3,(H,25,26)/t17-,23?;16-,20?/m11/s1. The number of carboxylic acids is 2. The van der Waals surface area contributed by atoms with Crippen LogP contribution in [0.1, 0.15) is 61.1 Å². The predicted octanol–water partition coefficient (Wildman–Crippen LogP) is 7.35. The summed E-state index contributed by atoms with van der Waals surface area (Å²) in [7, 11) is 0. The first-order valence-corrected chi connectivity index (χ1v) is 19.5. The third-order valence-corrected chi connectivity index (χ3v) is 11.0. The van der Waals surface area contributed by atoms with Gasteiger partial charge in [0, 0.05) is 33.3 Å². The molecular formula is C43H47Cl2F2N5O7. The topological polar surface area (TPSA) is 212 Å². The van der Waals surface area contributed by atoms with E-state index in [0.29, 0.717) is 45.1 Å². The summed E-state index contributed by atoms with van der Waals surface area (Å²) in [6, 6.07) is 21.9. The number of hydrogen-bond acceptors (Lipinski definition) is 8. The zero-order valence-electron chi connectivity index (χ0n) is 32.5. The largest absolute Gasteiger partial charge is 0.481 e. The first kappa shape index (κ1) is 46.4. The number of H-pyrrole nitrogens is 1. The highest BCUT2D eigenvalue weighted by Gasteiger charge is 2.39. The van der Waals surface area contributed by atoms with Crippen molar-refractivity contribution in [3.8, 4) is 22.3 Å². The first-order chi connectivity index (χ1) is 28.1. The molecule has 0 spiro atoms. The van der Waals surface area contributed by atoms with E-state index in [-0.39, 0.29) is 37.2 Å². The lowest BCUT2D eigenvalue weighted by molar-refractivity contribution is -0.153. The van der Waals surface area contributed by atoms with Gasteiger partial charge in [0.05, 0.1) is 30.2 Å². The summed E-state index contributed by atoms with van der Waals surface area (Å²) in [5, 5.41) is 51.8. The van der Waals surface area contributed by atoms with E-state index in [1.165, 1.54) is 36.5 Å². The normalized spacial score (nSPS) is 14.2. The van der Waals surface area contributed by atoms with E-state index in [0.717, 1.165) is 11.1 Å². The molecule has 0 aliphatic carbocycles. The van der Waals surface area contributed by atoms with Gasteiger partial charge in [0.1, 0.15) is 11.6 Å². The average molecular weight is 855 g/mol. The van der Waals surface area contributed by atoms with E-state index < -0.39 is 59.8 Å². The third kappa shape index (κ3) is 12.1. The number of halogens is 4. The molecule has 4 atom stereocenters. The second-order valence-electron chi connectivity index (χ2n) is 14.4. The number of aliphatic hydroxyl groups excluding tert-OH is 2. The summed E-state index contributed by atoms with van der Waals surface area (Å²) in [5.41, 5.74) is 7.37. The number of aliphatic carboxylic acids is 2. The van der Waals surface area contributed by atoms with Gasteiger partial charge in [0.15, 0.2) is 5.69 Å². The van der Waals surface area contributed by atoms with Crippen molar-refractivity contribution in [2.45, 2.75) is 64.5 Å². The molecule has 0 saturated carbocycles. The van der Waals surface area contributed by atoms with Gasteiger partial charge < -0.3 is 31.5 Å². The predicted molar refractivity (Wildman–Crippen MR) is 221 cm³/mol. The van der Waals surface area contributed by atoms with Crippen molar-refractivity contribution in [1.82, 2.24) is 20.7 Å². The summed E-state index contributed by atoms with van der Waals surface area (Å²) >= 11 is 11.9. The molecule has 0 aliphatic rings. The lowest BCUT2D eigenvalue weighted by Crippen LogP contribution is -2.45. The van der Waals surface area contributed by atoms with E-state index >= 15 is 0 Å². The number of amides is 1. The molecule has 59 heavy (non-hydrogen) atoms. The van der Waals surface area contributed by atoms with Crippen LogP contribution in [-0.4, -0.2) is 79.0 Å². The molecule has 0 radical (unpaired) electrons. The Morgan fingerprint density at radius 1 is 0.746 bits per heavy atom. The molecule has 12 nitrogen and oxygen atoms in total. The lowest BCUT2D eigenvalue weighted by Gasteiger charge is -2.31. The van der Waals surface area contributed by atoms with Crippen molar-refractivity contribution in [2.75, 3.05) is 13.2 Å². The van der Waals surface area contributed by atoms with Crippen molar-refractivity contribution in [3.63, 3.8) is 0 Å². The smallest absolute Gasteiger partial charge is 0.312 e. The van der Waals surface area contributed by atoms with Crippen LogP contribution in [0, 0.1) is 22.5 Å². The van der Waals surface area contributed by atoms with Gasteiger partial charge in [-0.1, -0.05) is 85.6 Å². The van der Waals surface area contributed by atoms with Crippen LogP contribution in [0.5, 0.6) is 0 Å². The van der Waals surface area contributed by atoms with Gasteiger partial charge in [-0.15, -0.1) is 0 Å². The molecule has 5 aromatic rings. The number of nitrogens with two attached hydrogens (primary N) is 1. The second-order valence-corrected chi connectivity index (χ2v) is 15.3. The molecular weight excluding hydrogens is 807 g/mol. The van der Waals surface area contributed by atoms with E-state index in [1.807, 2.05) is 12.1 Å². The second kappa shape index (κ2) is 21.1. The lowest BCUT2D eigenvalue weighted by atomic mass is 9.78. The van der Waals surface area contributed by atoms with Crippen molar-refractivity contribution in [3.05, 3.63) is 130 Å². The third-order valence-electron chi connectivity index (χ3n) is 10.5. The Balaban J connectivity index is 0.000000268. The van der Waals surface area contributed by atoms with Crippen molar-refractivity contribution < 1.29 is 43.6 Å². The van der Waals surface area contributed by atoms with E-state index in [1.54, 1.807) is 56.3 Å².